The van der Waals surface area contributed by atoms with Crippen LogP contribution < -0.4 is 0 Å². The summed E-state index contributed by atoms with van der Waals surface area (Å²) in [4.78, 5) is 11.9. The van der Waals surface area contributed by atoms with E-state index in [1.807, 2.05) is 0 Å². The van der Waals surface area contributed by atoms with E-state index in [1.54, 1.807) is 6.92 Å². The fourth-order valence-corrected chi connectivity index (χ4v) is 3.46. The molecule has 3 heteroatoms. The number of carbonyl (C=O) groups excluding carboxylic acids is 1. The molecule has 2 aliphatic carbocycles. The summed E-state index contributed by atoms with van der Waals surface area (Å²) in [5.74, 6) is 0.279. The first kappa shape index (κ1) is 13.6. The van der Waals surface area contributed by atoms with Crippen LogP contribution in [-0.4, -0.2) is 18.3 Å². The van der Waals surface area contributed by atoms with Crippen LogP contribution in [0.5, 0.6) is 0 Å². The van der Waals surface area contributed by atoms with Crippen LogP contribution in [0, 0.1) is 22.7 Å². The topological polar surface area (TPSA) is 50.2 Å². The van der Waals surface area contributed by atoms with Gasteiger partial charge in [-0.25, -0.2) is 4.79 Å². The van der Waals surface area contributed by atoms with Gasteiger partial charge < -0.3 is 4.74 Å². The molecule has 1 atom stereocenters. The van der Waals surface area contributed by atoms with E-state index < -0.39 is 0 Å². The second kappa shape index (κ2) is 5.41. The molecule has 0 aromatic heterocycles. The second-order valence-electron chi connectivity index (χ2n) is 6.16. The Kier molecular flexibility index (Phi) is 4.08. The maximum atomic E-state index is 11.9. The monoisotopic (exact) mass is 251 g/mol. The van der Waals surface area contributed by atoms with Gasteiger partial charge in [-0.1, -0.05) is 26.2 Å². The zero-order valence-electron chi connectivity index (χ0n) is 11.6. The molecule has 2 saturated carbocycles. The van der Waals surface area contributed by atoms with Crippen molar-refractivity contribution in [1.29, 1.82) is 5.41 Å². The van der Waals surface area contributed by atoms with Crippen LogP contribution in [0.25, 0.3) is 0 Å². The minimum atomic E-state index is -0.388. The molecule has 0 aromatic carbocycles. The lowest BCUT2D eigenvalue weighted by atomic mass is 9.70. The predicted octanol–water partition coefficient (Wildman–Crippen LogP) is 3.57. The Morgan fingerprint density at radius 3 is 2.44 bits per heavy atom. The molecule has 18 heavy (non-hydrogen) atoms. The average Bonchev–Trinajstić information content (AvgIpc) is 3.09. The first-order valence-electron chi connectivity index (χ1n) is 7.34. The van der Waals surface area contributed by atoms with Gasteiger partial charge in [0.15, 0.2) is 0 Å². The van der Waals surface area contributed by atoms with Gasteiger partial charge in [0.1, 0.15) is 5.71 Å². The third kappa shape index (κ3) is 2.76. The Bertz CT molecular complexity index is 327. The van der Waals surface area contributed by atoms with Crippen molar-refractivity contribution in [1.82, 2.24) is 0 Å². The van der Waals surface area contributed by atoms with Crippen LogP contribution in [0.1, 0.15) is 58.8 Å². The normalized spacial score (nSPS) is 24.3. The molecular weight excluding hydrogens is 226 g/mol. The van der Waals surface area contributed by atoms with Crippen LogP contribution in [0.3, 0.4) is 0 Å². The molecule has 3 nitrogen and oxygen atoms in total. The van der Waals surface area contributed by atoms with Crippen molar-refractivity contribution in [3.05, 3.63) is 0 Å². The Balaban J connectivity index is 2.09. The first-order valence-corrected chi connectivity index (χ1v) is 7.34. The number of hydrogen-bond donors (Lipinski definition) is 1. The Morgan fingerprint density at radius 1 is 1.33 bits per heavy atom. The molecule has 102 valence electrons. The highest BCUT2D eigenvalue weighted by Gasteiger charge is 2.51. The lowest BCUT2D eigenvalue weighted by molar-refractivity contribution is -0.135. The van der Waals surface area contributed by atoms with E-state index in [0.717, 1.165) is 12.8 Å². The molecule has 0 aliphatic heterocycles. The minimum Gasteiger partial charge on any atom is -0.462 e. The molecule has 0 heterocycles. The molecule has 2 fully saturated rings. The zero-order chi connectivity index (χ0) is 13.2. The number of esters is 1. The van der Waals surface area contributed by atoms with Crippen LogP contribution in [0.15, 0.2) is 0 Å². The third-order valence-corrected chi connectivity index (χ3v) is 4.72. The fraction of sp³-hybridized carbons (Fsp3) is 0.867. The van der Waals surface area contributed by atoms with E-state index in [0.29, 0.717) is 12.5 Å². The van der Waals surface area contributed by atoms with Gasteiger partial charge in [-0.2, -0.15) is 0 Å². The number of hydrogen-bond acceptors (Lipinski definition) is 3. The number of carbonyl (C=O) groups is 1. The first-order chi connectivity index (χ1) is 8.58. The van der Waals surface area contributed by atoms with Crippen molar-refractivity contribution in [2.24, 2.45) is 17.3 Å². The van der Waals surface area contributed by atoms with Gasteiger partial charge in [0.2, 0.25) is 0 Å². The lowest BCUT2D eigenvalue weighted by Gasteiger charge is -2.34. The van der Waals surface area contributed by atoms with Gasteiger partial charge in [-0.3, -0.25) is 5.41 Å². The standard InChI is InChI=1S/C15H25NO2/c1-3-18-14(17)13(16)12(15(2)9-10-15)11-7-5-4-6-8-11/h11-12,16H,3-10H2,1-2H3/t12-/m1/s1. The van der Waals surface area contributed by atoms with Crippen molar-refractivity contribution in [2.45, 2.75) is 58.8 Å². The van der Waals surface area contributed by atoms with Crippen molar-refractivity contribution >= 4 is 11.7 Å². The SMILES string of the molecule is CCOC(=O)C(=N)[C@@H](C1CCCCC1)C1(C)CC1. The molecule has 2 rings (SSSR count). The van der Waals surface area contributed by atoms with Gasteiger partial charge in [0.25, 0.3) is 0 Å². The summed E-state index contributed by atoms with van der Waals surface area (Å²) in [6.07, 6.45) is 8.52. The predicted molar refractivity (Wildman–Crippen MR) is 71.8 cm³/mol. The van der Waals surface area contributed by atoms with Crippen LogP contribution >= 0.6 is 0 Å². The summed E-state index contributed by atoms with van der Waals surface area (Å²) in [6, 6.07) is 0. The highest BCUT2D eigenvalue weighted by atomic mass is 16.5. The summed E-state index contributed by atoms with van der Waals surface area (Å²) in [5, 5.41) is 8.21. The zero-order valence-corrected chi connectivity index (χ0v) is 11.6. The Labute approximate surface area is 110 Å². The van der Waals surface area contributed by atoms with Crippen LogP contribution in [-0.2, 0) is 9.53 Å². The summed E-state index contributed by atoms with van der Waals surface area (Å²) in [6.45, 7) is 4.41. The molecule has 0 amide bonds. The van der Waals surface area contributed by atoms with Gasteiger partial charge in [-0.15, -0.1) is 0 Å². The van der Waals surface area contributed by atoms with E-state index in [9.17, 15) is 4.79 Å². The van der Waals surface area contributed by atoms with E-state index >= 15 is 0 Å². The van der Waals surface area contributed by atoms with Gasteiger partial charge in [0.05, 0.1) is 6.61 Å². The van der Waals surface area contributed by atoms with E-state index in [1.165, 1.54) is 32.1 Å². The van der Waals surface area contributed by atoms with Crippen molar-refractivity contribution in [2.75, 3.05) is 6.61 Å². The molecule has 0 saturated heterocycles. The van der Waals surface area contributed by atoms with Gasteiger partial charge in [0, 0.05) is 5.92 Å². The summed E-state index contributed by atoms with van der Waals surface area (Å²) >= 11 is 0. The largest absolute Gasteiger partial charge is 0.462 e. The molecule has 0 radical (unpaired) electrons. The average molecular weight is 251 g/mol. The molecule has 0 bridgehead atoms. The lowest BCUT2D eigenvalue weighted by Crippen LogP contribution is -2.37. The second-order valence-corrected chi connectivity index (χ2v) is 6.16. The maximum Gasteiger partial charge on any atom is 0.352 e. The maximum absolute atomic E-state index is 11.9. The highest BCUT2D eigenvalue weighted by molar-refractivity contribution is 6.36. The molecule has 0 unspecified atom stereocenters. The number of ether oxygens (including phenoxy) is 1. The van der Waals surface area contributed by atoms with Crippen molar-refractivity contribution in [3.63, 3.8) is 0 Å². The summed E-state index contributed by atoms with van der Waals surface area (Å²) in [5.41, 5.74) is 0.440. The van der Waals surface area contributed by atoms with Crippen molar-refractivity contribution in [3.8, 4) is 0 Å². The van der Waals surface area contributed by atoms with Crippen LogP contribution in [0.4, 0.5) is 0 Å². The van der Waals surface area contributed by atoms with E-state index in [-0.39, 0.29) is 23.0 Å². The van der Waals surface area contributed by atoms with Crippen molar-refractivity contribution < 1.29 is 9.53 Å². The third-order valence-electron chi connectivity index (χ3n) is 4.72. The molecular formula is C15H25NO2. The van der Waals surface area contributed by atoms with Crippen LogP contribution in [0.2, 0.25) is 0 Å². The van der Waals surface area contributed by atoms with Gasteiger partial charge >= 0.3 is 5.97 Å². The molecule has 0 aromatic rings. The smallest absolute Gasteiger partial charge is 0.352 e. The highest BCUT2D eigenvalue weighted by Crippen LogP contribution is 2.56. The van der Waals surface area contributed by atoms with Gasteiger partial charge in [-0.05, 0) is 43.9 Å². The summed E-state index contributed by atoms with van der Waals surface area (Å²) in [7, 11) is 0. The van der Waals surface area contributed by atoms with E-state index in [4.69, 9.17) is 10.1 Å². The molecule has 2 aliphatic rings. The minimum absolute atomic E-state index is 0.136. The quantitative estimate of drug-likeness (QED) is 0.600. The molecule has 0 spiro atoms. The Morgan fingerprint density at radius 2 is 1.94 bits per heavy atom. The number of nitrogens with one attached hydrogen (secondary N) is 1. The number of rotatable bonds is 5. The summed E-state index contributed by atoms with van der Waals surface area (Å²) < 4.78 is 5.03. The van der Waals surface area contributed by atoms with E-state index in [2.05, 4.69) is 6.92 Å². The Hall–Kier alpha value is -0.860. The molecule has 1 N–H and O–H groups in total. The fourth-order valence-electron chi connectivity index (χ4n) is 3.46.